The molecule has 0 bridgehead atoms. The van der Waals surface area contributed by atoms with Crippen LogP contribution < -0.4 is 0 Å². The number of thioether (sulfide) groups is 1. The minimum absolute atomic E-state index is 0.0416. The highest BCUT2D eigenvalue weighted by Gasteiger charge is 2.24. The third-order valence-corrected chi connectivity index (χ3v) is 6.05. The van der Waals surface area contributed by atoms with E-state index in [1.807, 2.05) is 0 Å². The van der Waals surface area contributed by atoms with E-state index in [1.165, 1.54) is 23.3 Å². The third kappa shape index (κ3) is 4.14. The van der Waals surface area contributed by atoms with E-state index < -0.39 is 4.92 Å². The molecule has 0 saturated heterocycles. The number of hydrogen-bond acceptors (Lipinski definition) is 6. The van der Waals surface area contributed by atoms with Crippen molar-refractivity contribution in [3.8, 4) is 0 Å². The van der Waals surface area contributed by atoms with Crippen LogP contribution in [0.1, 0.15) is 49.2 Å². The molecule has 7 nitrogen and oxygen atoms in total. The molecule has 1 atom stereocenters. The fourth-order valence-electron chi connectivity index (χ4n) is 3.49. The average molecular weight is 422 g/mol. The van der Waals surface area contributed by atoms with E-state index in [2.05, 4.69) is 55.2 Å². The van der Waals surface area contributed by atoms with Crippen molar-refractivity contribution in [1.29, 1.82) is 0 Å². The molecule has 2 aromatic carbocycles. The molecule has 1 aromatic heterocycles. The minimum atomic E-state index is -0.397. The zero-order chi connectivity index (χ0) is 21.3. The number of benzene rings is 2. The standard InChI is InChI=1S/C22H23N5O2S/c1-14(2)12-16-4-6-17(7-5-16)15(3)21-23-24-22-26(21)25-20(13-30-22)18-8-10-19(11-9-18)27(28)29/h4-11,14-15H,12-13H2,1-3H3. The van der Waals surface area contributed by atoms with Crippen molar-refractivity contribution in [2.24, 2.45) is 11.0 Å². The lowest BCUT2D eigenvalue weighted by Crippen LogP contribution is -2.15. The van der Waals surface area contributed by atoms with Crippen LogP contribution in [0.15, 0.2) is 58.8 Å². The van der Waals surface area contributed by atoms with Gasteiger partial charge in [-0.3, -0.25) is 10.1 Å². The lowest BCUT2D eigenvalue weighted by atomic mass is 9.96. The van der Waals surface area contributed by atoms with Gasteiger partial charge in [-0.1, -0.05) is 56.8 Å². The summed E-state index contributed by atoms with van der Waals surface area (Å²) < 4.78 is 1.80. The molecule has 8 heteroatoms. The van der Waals surface area contributed by atoms with Crippen LogP contribution in [0, 0.1) is 16.0 Å². The average Bonchev–Trinajstić information content (AvgIpc) is 3.16. The summed E-state index contributed by atoms with van der Waals surface area (Å²) >= 11 is 1.57. The molecule has 0 amide bonds. The van der Waals surface area contributed by atoms with Crippen molar-refractivity contribution in [2.75, 3.05) is 5.75 Å². The van der Waals surface area contributed by atoms with Gasteiger partial charge >= 0.3 is 0 Å². The fraction of sp³-hybridized carbons (Fsp3) is 0.318. The lowest BCUT2D eigenvalue weighted by molar-refractivity contribution is -0.384. The highest BCUT2D eigenvalue weighted by molar-refractivity contribution is 7.99. The molecular formula is C22H23N5O2S. The Balaban J connectivity index is 1.61. The summed E-state index contributed by atoms with van der Waals surface area (Å²) in [5, 5.41) is 25.1. The van der Waals surface area contributed by atoms with Gasteiger partial charge in [-0.15, -0.1) is 10.2 Å². The maximum Gasteiger partial charge on any atom is 0.269 e. The third-order valence-electron chi connectivity index (χ3n) is 5.12. The van der Waals surface area contributed by atoms with Crippen LogP contribution >= 0.6 is 11.8 Å². The molecule has 0 spiro atoms. The zero-order valence-electron chi connectivity index (χ0n) is 17.1. The molecule has 0 saturated carbocycles. The summed E-state index contributed by atoms with van der Waals surface area (Å²) in [7, 11) is 0. The van der Waals surface area contributed by atoms with E-state index in [0.717, 1.165) is 28.7 Å². The van der Waals surface area contributed by atoms with Gasteiger partial charge in [-0.25, -0.2) is 0 Å². The van der Waals surface area contributed by atoms with E-state index in [4.69, 9.17) is 5.10 Å². The molecular weight excluding hydrogens is 398 g/mol. The number of fused-ring (bicyclic) bond motifs is 1. The quantitative estimate of drug-likeness (QED) is 0.418. The van der Waals surface area contributed by atoms with Crippen LogP contribution in [-0.2, 0) is 6.42 Å². The van der Waals surface area contributed by atoms with Gasteiger partial charge in [-0.05, 0) is 41.2 Å². The molecule has 154 valence electrons. The van der Waals surface area contributed by atoms with Crippen LogP contribution in [0.2, 0.25) is 0 Å². The highest BCUT2D eigenvalue weighted by Crippen LogP contribution is 2.30. The predicted molar refractivity (Wildman–Crippen MR) is 118 cm³/mol. The predicted octanol–water partition coefficient (Wildman–Crippen LogP) is 4.89. The monoisotopic (exact) mass is 421 g/mol. The number of nitrogens with zero attached hydrogens (tertiary/aromatic N) is 5. The summed E-state index contributed by atoms with van der Waals surface area (Å²) in [5.74, 6) is 2.10. The van der Waals surface area contributed by atoms with Gasteiger partial charge < -0.3 is 0 Å². The molecule has 3 aromatic rings. The Hall–Kier alpha value is -3.00. The van der Waals surface area contributed by atoms with Crippen LogP contribution in [0.25, 0.3) is 0 Å². The molecule has 0 fully saturated rings. The number of aromatic nitrogens is 3. The van der Waals surface area contributed by atoms with Crippen LogP contribution in [-0.4, -0.2) is 31.3 Å². The largest absolute Gasteiger partial charge is 0.269 e. The molecule has 4 rings (SSSR count). The molecule has 30 heavy (non-hydrogen) atoms. The number of hydrogen-bond donors (Lipinski definition) is 0. The van der Waals surface area contributed by atoms with Gasteiger partial charge in [0.05, 0.1) is 10.6 Å². The summed E-state index contributed by atoms with van der Waals surface area (Å²) in [6.07, 6.45) is 1.06. The van der Waals surface area contributed by atoms with Crippen LogP contribution in [0.5, 0.6) is 0 Å². The second kappa shape index (κ2) is 8.39. The Morgan fingerprint density at radius 2 is 1.77 bits per heavy atom. The molecule has 1 aliphatic rings. The van der Waals surface area contributed by atoms with Crippen molar-refractivity contribution in [2.45, 2.75) is 38.3 Å². The van der Waals surface area contributed by atoms with Crippen LogP contribution in [0.3, 0.4) is 0 Å². The number of rotatable bonds is 6. The van der Waals surface area contributed by atoms with E-state index in [9.17, 15) is 10.1 Å². The topological polar surface area (TPSA) is 86.2 Å². The normalized spacial score (nSPS) is 14.3. The van der Waals surface area contributed by atoms with Crippen molar-refractivity contribution in [1.82, 2.24) is 14.9 Å². The van der Waals surface area contributed by atoms with E-state index in [-0.39, 0.29) is 11.6 Å². The van der Waals surface area contributed by atoms with E-state index in [0.29, 0.717) is 11.7 Å². The summed E-state index contributed by atoms with van der Waals surface area (Å²) in [6, 6.07) is 15.2. The first-order chi connectivity index (χ1) is 14.4. The van der Waals surface area contributed by atoms with Gasteiger partial charge in [0, 0.05) is 23.8 Å². The number of nitro groups is 1. The van der Waals surface area contributed by atoms with Gasteiger partial charge in [0.25, 0.3) is 5.69 Å². The Labute approximate surface area is 179 Å². The first-order valence-corrected chi connectivity index (χ1v) is 10.9. The molecule has 1 aliphatic heterocycles. The van der Waals surface area contributed by atoms with Gasteiger partial charge in [-0.2, -0.15) is 9.78 Å². The van der Waals surface area contributed by atoms with Crippen molar-refractivity contribution < 1.29 is 4.92 Å². The highest BCUT2D eigenvalue weighted by atomic mass is 32.2. The molecule has 1 unspecified atom stereocenters. The maximum atomic E-state index is 10.9. The first-order valence-electron chi connectivity index (χ1n) is 9.92. The molecule has 0 radical (unpaired) electrons. The minimum Gasteiger partial charge on any atom is -0.258 e. The SMILES string of the molecule is CC(C)Cc1ccc(C(C)c2nnc3n2N=C(c2ccc([N+](=O)[O-])cc2)CS3)cc1. The zero-order valence-corrected chi connectivity index (χ0v) is 18.0. The second-order valence-electron chi connectivity index (χ2n) is 7.85. The number of nitro benzene ring substituents is 1. The van der Waals surface area contributed by atoms with Crippen molar-refractivity contribution in [3.63, 3.8) is 0 Å². The molecule has 2 heterocycles. The van der Waals surface area contributed by atoms with Crippen molar-refractivity contribution in [3.05, 3.63) is 81.2 Å². The second-order valence-corrected chi connectivity index (χ2v) is 8.80. The van der Waals surface area contributed by atoms with Crippen molar-refractivity contribution >= 4 is 23.2 Å². The van der Waals surface area contributed by atoms with Gasteiger partial charge in [0.15, 0.2) is 5.82 Å². The van der Waals surface area contributed by atoms with Gasteiger partial charge in [0.2, 0.25) is 5.16 Å². The Morgan fingerprint density at radius 3 is 2.40 bits per heavy atom. The maximum absolute atomic E-state index is 10.9. The summed E-state index contributed by atoms with van der Waals surface area (Å²) in [5.41, 5.74) is 4.29. The van der Waals surface area contributed by atoms with Gasteiger partial charge in [0.1, 0.15) is 0 Å². The summed E-state index contributed by atoms with van der Waals surface area (Å²) in [6.45, 7) is 6.55. The fourth-order valence-corrected chi connectivity index (χ4v) is 4.34. The Morgan fingerprint density at radius 1 is 1.07 bits per heavy atom. The smallest absolute Gasteiger partial charge is 0.258 e. The number of non-ortho nitro benzene ring substituents is 1. The van der Waals surface area contributed by atoms with E-state index >= 15 is 0 Å². The molecule has 0 aliphatic carbocycles. The first kappa shape index (κ1) is 20.3. The summed E-state index contributed by atoms with van der Waals surface area (Å²) in [4.78, 5) is 10.5. The Bertz CT molecular complexity index is 1090. The van der Waals surface area contributed by atoms with E-state index in [1.54, 1.807) is 28.6 Å². The lowest BCUT2D eigenvalue weighted by Gasteiger charge is -2.17. The molecule has 0 N–H and O–H groups in total. The van der Waals surface area contributed by atoms with Crippen LogP contribution in [0.4, 0.5) is 5.69 Å². The Kier molecular flexibility index (Phi) is 5.67.